The molecule has 0 aliphatic rings. The second-order valence-electron chi connectivity index (χ2n) is 4.89. The largest absolute Gasteiger partial charge is 0.493 e. The number of Topliss-reactive ketones (excluding diaryl/α,β-unsaturated/α-hetero) is 1. The number of esters is 1. The molecule has 7 heteroatoms. The Morgan fingerprint density at radius 3 is 2.08 bits per heavy atom. The molecule has 2 aromatic carbocycles. The third-order valence-corrected chi connectivity index (χ3v) is 3.68. The molecular formula is C18H17ClO6. The molecule has 0 aliphatic heterocycles. The van der Waals surface area contributed by atoms with Gasteiger partial charge < -0.3 is 18.9 Å². The zero-order chi connectivity index (χ0) is 18.4. The second-order valence-corrected chi connectivity index (χ2v) is 5.32. The molecule has 25 heavy (non-hydrogen) atoms. The van der Waals surface area contributed by atoms with Crippen LogP contribution in [0.5, 0.6) is 17.2 Å². The molecule has 0 spiro atoms. The summed E-state index contributed by atoms with van der Waals surface area (Å²) >= 11 is 5.78. The van der Waals surface area contributed by atoms with E-state index in [-0.39, 0.29) is 22.8 Å². The summed E-state index contributed by atoms with van der Waals surface area (Å²) in [6, 6.07) is 9.35. The van der Waals surface area contributed by atoms with E-state index in [0.717, 1.165) is 0 Å². The van der Waals surface area contributed by atoms with Crippen LogP contribution in [-0.2, 0) is 4.74 Å². The van der Waals surface area contributed by atoms with E-state index in [9.17, 15) is 9.59 Å². The minimum absolute atomic E-state index is 0.129. The lowest BCUT2D eigenvalue weighted by molar-refractivity contribution is 0.0471. The zero-order valence-corrected chi connectivity index (χ0v) is 14.8. The minimum Gasteiger partial charge on any atom is -0.493 e. The first-order valence-corrected chi connectivity index (χ1v) is 7.64. The molecule has 0 saturated heterocycles. The SMILES string of the molecule is COc1ccc(C(=O)OCC(=O)c2ccc(Cl)cc2)c(OC)c1OC. The van der Waals surface area contributed by atoms with Crippen molar-refractivity contribution in [3.8, 4) is 17.2 Å². The van der Waals surface area contributed by atoms with E-state index >= 15 is 0 Å². The van der Waals surface area contributed by atoms with Gasteiger partial charge in [0, 0.05) is 10.6 Å². The maximum absolute atomic E-state index is 12.3. The molecule has 0 amide bonds. The van der Waals surface area contributed by atoms with Crippen molar-refractivity contribution in [1.29, 1.82) is 0 Å². The molecular weight excluding hydrogens is 348 g/mol. The molecule has 0 fully saturated rings. The number of ether oxygens (including phenoxy) is 4. The van der Waals surface area contributed by atoms with Crippen molar-refractivity contribution in [2.45, 2.75) is 0 Å². The van der Waals surface area contributed by atoms with Gasteiger partial charge in [-0.25, -0.2) is 4.79 Å². The minimum atomic E-state index is -0.708. The van der Waals surface area contributed by atoms with Crippen molar-refractivity contribution in [2.75, 3.05) is 27.9 Å². The second kappa shape index (κ2) is 8.39. The number of hydrogen-bond acceptors (Lipinski definition) is 6. The van der Waals surface area contributed by atoms with E-state index < -0.39 is 12.6 Å². The highest BCUT2D eigenvalue weighted by molar-refractivity contribution is 6.30. The predicted octanol–water partition coefficient (Wildman–Crippen LogP) is 3.41. The summed E-state index contributed by atoms with van der Waals surface area (Å²) in [5.41, 5.74) is 0.528. The number of carbonyl (C=O) groups is 2. The van der Waals surface area contributed by atoms with Gasteiger partial charge in [-0.15, -0.1) is 0 Å². The van der Waals surface area contributed by atoms with Crippen molar-refractivity contribution in [1.82, 2.24) is 0 Å². The standard InChI is InChI=1S/C18H17ClO6/c1-22-15-9-8-13(16(23-2)17(15)24-3)18(21)25-10-14(20)11-4-6-12(19)7-5-11/h4-9H,10H2,1-3H3. The van der Waals surface area contributed by atoms with Gasteiger partial charge in [-0.2, -0.15) is 0 Å². The van der Waals surface area contributed by atoms with Crippen LogP contribution in [-0.4, -0.2) is 39.7 Å². The first-order valence-electron chi connectivity index (χ1n) is 7.26. The number of rotatable bonds is 7. The van der Waals surface area contributed by atoms with Gasteiger partial charge >= 0.3 is 5.97 Å². The van der Waals surface area contributed by atoms with Crippen LogP contribution in [0.25, 0.3) is 0 Å². The molecule has 0 bridgehead atoms. The first kappa shape index (κ1) is 18.6. The summed E-state index contributed by atoms with van der Waals surface area (Å²) in [5.74, 6) is -0.202. The van der Waals surface area contributed by atoms with Crippen molar-refractivity contribution in [3.63, 3.8) is 0 Å². The Kier molecular flexibility index (Phi) is 6.25. The summed E-state index contributed by atoms with van der Waals surface area (Å²) < 4.78 is 20.7. The summed E-state index contributed by atoms with van der Waals surface area (Å²) in [4.78, 5) is 24.4. The highest BCUT2D eigenvalue weighted by Gasteiger charge is 2.22. The summed E-state index contributed by atoms with van der Waals surface area (Å²) in [5, 5.41) is 0.517. The van der Waals surface area contributed by atoms with Crippen LogP contribution in [0.4, 0.5) is 0 Å². The van der Waals surface area contributed by atoms with Gasteiger partial charge in [-0.3, -0.25) is 4.79 Å². The average molecular weight is 365 g/mol. The van der Waals surface area contributed by atoms with E-state index in [4.69, 9.17) is 30.5 Å². The van der Waals surface area contributed by atoms with E-state index in [2.05, 4.69) is 0 Å². The lowest BCUT2D eigenvalue weighted by atomic mass is 10.1. The maximum Gasteiger partial charge on any atom is 0.342 e. The van der Waals surface area contributed by atoms with Crippen LogP contribution in [0.1, 0.15) is 20.7 Å². The number of halogens is 1. The molecule has 2 rings (SSSR count). The molecule has 0 N–H and O–H groups in total. The Hall–Kier alpha value is -2.73. The lowest BCUT2D eigenvalue weighted by Crippen LogP contribution is -2.15. The highest BCUT2D eigenvalue weighted by Crippen LogP contribution is 2.39. The van der Waals surface area contributed by atoms with E-state index in [0.29, 0.717) is 16.3 Å². The fourth-order valence-electron chi connectivity index (χ4n) is 2.19. The molecule has 0 radical (unpaired) electrons. The van der Waals surface area contributed by atoms with Gasteiger partial charge in [0.05, 0.1) is 21.3 Å². The predicted molar refractivity (Wildman–Crippen MR) is 92.2 cm³/mol. The van der Waals surface area contributed by atoms with Gasteiger partial charge in [0.2, 0.25) is 5.75 Å². The molecule has 0 atom stereocenters. The monoisotopic (exact) mass is 364 g/mol. The van der Waals surface area contributed by atoms with E-state index in [1.165, 1.54) is 27.4 Å². The topological polar surface area (TPSA) is 71.1 Å². The van der Waals surface area contributed by atoms with E-state index in [1.807, 2.05) is 0 Å². The highest BCUT2D eigenvalue weighted by atomic mass is 35.5. The fraction of sp³-hybridized carbons (Fsp3) is 0.222. The number of carbonyl (C=O) groups excluding carboxylic acids is 2. The van der Waals surface area contributed by atoms with Crippen LogP contribution in [0, 0.1) is 0 Å². The number of methoxy groups -OCH3 is 3. The van der Waals surface area contributed by atoms with Crippen LogP contribution in [0.3, 0.4) is 0 Å². The van der Waals surface area contributed by atoms with Crippen molar-refractivity contribution in [2.24, 2.45) is 0 Å². The summed E-state index contributed by atoms with van der Waals surface area (Å²) in [6.07, 6.45) is 0. The number of ketones is 1. The molecule has 0 heterocycles. The zero-order valence-electron chi connectivity index (χ0n) is 14.0. The fourth-order valence-corrected chi connectivity index (χ4v) is 2.32. The van der Waals surface area contributed by atoms with Crippen LogP contribution >= 0.6 is 11.6 Å². The molecule has 0 unspecified atom stereocenters. The summed E-state index contributed by atoms with van der Waals surface area (Å²) in [6.45, 7) is -0.405. The van der Waals surface area contributed by atoms with Crippen LogP contribution in [0.2, 0.25) is 5.02 Å². The van der Waals surface area contributed by atoms with Gasteiger partial charge in [0.15, 0.2) is 23.9 Å². The van der Waals surface area contributed by atoms with Gasteiger partial charge in [0.1, 0.15) is 5.56 Å². The molecule has 2 aromatic rings. The number of benzene rings is 2. The van der Waals surface area contributed by atoms with Crippen LogP contribution in [0.15, 0.2) is 36.4 Å². The number of hydrogen-bond donors (Lipinski definition) is 0. The van der Waals surface area contributed by atoms with Crippen molar-refractivity contribution < 1.29 is 28.5 Å². The molecule has 0 aromatic heterocycles. The van der Waals surface area contributed by atoms with Gasteiger partial charge in [-0.1, -0.05) is 11.6 Å². The Labute approximate surface area is 150 Å². The third-order valence-electron chi connectivity index (χ3n) is 3.42. The maximum atomic E-state index is 12.3. The lowest BCUT2D eigenvalue weighted by Gasteiger charge is -2.15. The molecule has 132 valence electrons. The normalized spacial score (nSPS) is 10.1. The Morgan fingerprint density at radius 2 is 1.52 bits per heavy atom. The van der Waals surface area contributed by atoms with E-state index in [1.54, 1.807) is 30.3 Å². The Balaban J connectivity index is 2.15. The Morgan fingerprint density at radius 1 is 0.880 bits per heavy atom. The van der Waals surface area contributed by atoms with Crippen LogP contribution < -0.4 is 14.2 Å². The van der Waals surface area contributed by atoms with Crippen molar-refractivity contribution >= 4 is 23.4 Å². The summed E-state index contributed by atoms with van der Waals surface area (Å²) in [7, 11) is 4.30. The van der Waals surface area contributed by atoms with Gasteiger partial charge in [-0.05, 0) is 36.4 Å². The Bertz CT molecular complexity index is 770. The van der Waals surface area contributed by atoms with Crippen molar-refractivity contribution in [3.05, 3.63) is 52.5 Å². The smallest absolute Gasteiger partial charge is 0.342 e. The first-order chi connectivity index (χ1) is 12.0. The average Bonchev–Trinajstić information content (AvgIpc) is 2.64. The molecule has 6 nitrogen and oxygen atoms in total. The van der Waals surface area contributed by atoms with Gasteiger partial charge in [0.25, 0.3) is 0 Å². The molecule has 0 saturated carbocycles. The third kappa shape index (κ3) is 4.22. The molecule has 0 aliphatic carbocycles. The quantitative estimate of drug-likeness (QED) is 0.554.